The Kier molecular flexibility index (Phi) is 4.30. The lowest BCUT2D eigenvalue weighted by Gasteiger charge is -2.06. The van der Waals surface area contributed by atoms with E-state index in [-0.39, 0.29) is 22.0 Å². The van der Waals surface area contributed by atoms with Gasteiger partial charge in [-0.2, -0.15) is 0 Å². The molecule has 0 aliphatic heterocycles. The van der Waals surface area contributed by atoms with Crippen molar-refractivity contribution in [2.24, 2.45) is 0 Å². The van der Waals surface area contributed by atoms with Crippen molar-refractivity contribution in [2.75, 3.05) is 0 Å². The zero-order chi connectivity index (χ0) is 15.4. The van der Waals surface area contributed by atoms with Gasteiger partial charge in [0, 0.05) is 17.7 Å². The summed E-state index contributed by atoms with van der Waals surface area (Å²) in [6, 6.07) is 9.31. The highest BCUT2D eigenvalue weighted by Gasteiger charge is 2.15. The van der Waals surface area contributed by atoms with Crippen molar-refractivity contribution in [1.29, 1.82) is 0 Å². The lowest BCUT2D eigenvalue weighted by molar-refractivity contribution is -0.384. The zero-order valence-corrected chi connectivity index (χ0v) is 11.2. The average molecular weight is 306 g/mol. The van der Waals surface area contributed by atoms with Crippen molar-refractivity contribution in [3.05, 3.63) is 68.7 Å². The minimum atomic E-state index is -0.778. The maximum atomic E-state index is 11.9. The third-order valence-corrected chi connectivity index (χ3v) is 2.88. The van der Waals surface area contributed by atoms with Gasteiger partial charge in [0.25, 0.3) is 5.69 Å². The van der Waals surface area contributed by atoms with E-state index in [0.29, 0.717) is 11.8 Å². The van der Waals surface area contributed by atoms with Crippen LogP contribution in [0.3, 0.4) is 0 Å². The molecule has 0 atom stereocenters. The predicted octanol–water partition coefficient (Wildman–Crippen LogP) is 3.28. The van der Waals surface area contributed by atoms with Gasteiger partial charge in [0.1, 0.15) is 12.0 Å². The molecule has 0 aliphatic carbocycles. The highest BCUT2D eigenvalue weighted by molar-refractivity contribution is 6.32. The van der Waals surface area contributed by atoms with E-state index in [0.717, 1.165) is 6.07 Å². The molecule has 0 heterocycles. The minimum absolute atomic E-state index is 0.0275. The van der Waals surface area contributed by atoms with Crippen LogP contribution in [0.25, 0.3) is 0 Å². The van der Waals surface area contributed by atoms with Gasteiger partial charge >= 0.3 is 5.97 Å². The van der Waals surface area contributed by atoms with Crippen LogP contribution in [-0.4, -0.2) is 17.2 Å². The van der Waals surface area contributed by atoms with Crippen molar-refractivity contribution in [1.82, 2.24) is 0 Å². The van der Waals surface area contributed by atoms with Gasteiger partial charge < -0.3 is 4.74 Å². The fraction of sp³-hybridized carbons (Fsp3) is 0. The highest BCUT2D eigenvalue weighted by Crippen LogP contribution is 2.26. The number of nitro groups is 1. The van der Waals surface area contributed by atoms with Crippen molar-refractivity contribution in [3.8, 4) is 5.75 Å². The Morgan fingerprint density at radius 3 is 2.62 bits per heavy atom. The highest BCUT2D eigenvalue weighted by atomic mass is 35.5. The van der Waals surface area contributed by atoms with E-state index in [1.54, 1.807) is 0 Å². The lowest BCUT2D eigenvalue weighted by Crippen LogP contribution is -2.09. The minimum Gasteiger partial charge on any atom is -0.421 e. The van der Waals surface area contributed by atoms with Gasteiger partial charge in [-0.05, 0) is 24.3 Å². The zero-order valence-electron chi connectivity index (χ0n) is 10.5. The number of esters is 1. The summed E-state index contributed by atoms with van der Waals surface area (Å²) in [4.78, 5) is 32.6. The number of halogens is 1. The van der Waals surface area contributed by atoms with Crippen LogP contribution in [-0.2, 0) is 0 Å². The monoisotopic (exact) mass is 305 g/mol. The molecule has 0 aromatic heterocycles. The van der Waals surface area contributed by atoms with Crippen LogP contribution in [0.15, 0.2) is 42.5 Å². The van der Waals surface area contributed by atoms with E-state index in [2.05, 4.69) is 0 Å². The normalized spacial score (nSPS) is 9.95. The molecule has 0 saturated heterocycles. The molecule has 2 aromatic rings. The topological polar surface area (TPSA) is 86.5 Å². The van der Waals surface area contributed by atoms with Crippen LogP contribution in [0, 0.1) is 10.1 Å². The maximum absolute atomic E-state index is 11.9. The van der Waals surface area contributed by atoms with E-state index in [4.69, 9.17) is 16.3 Å². The molecule has 0 unspecified atom stereocenters. The number of benzene rings is 2. The van der Waals surface area contributed by atoms with Gasteiger partial charge in [0.05, 0.1) is 15.5 Å². The summed E-state index contributed by atoms with van der Waals surface area (Å²) in [6.45, 7) is 0. The number of ether oxygens (including phenoxy) is 1. The molecule has 0 bridgehead atoms. The van der Waals surface area contributed by atoms with Crippen molar-refractivity contribution >= 4 is 29.5 Å². The fourth-order valence-electron chi connectivity index (χ4n) is 1.58. The lowest BCUT2D eigenvalue weighted by atomic mass is 10.2. The summed E-state index contributed by atoms with van der Waals surface area (Å²) < 4.78 is 5.06. The first-order valence-electron chi connectivity index (χ1n) is 5.72. The molecule has 2 aromatic carbocycles. The predicted molar refractivity (Wildman–Crippen MR) is 74.9 cm³/mol. The summed E-state index contributed by atoms with van der Waals surface area (Å²) >= 11 is 5.88. The molecule has 0 radical (unpaired) electrons. The van der Waals surface area contributed by atoms with Crippen LogP contribution in [0.5, 0.6) is 5.75 Å². The summed E-state index contributed by atoms with van der Waals surface area (Å²) in [5.41, 5.74) is 0.154. The molecule has 6 nitrogen and oxygen atoms in total. The number of rotatable bonds is 4. The number of carbonyl (C=O) groups is 2. The van der Waals surface area contributed by atoms with Crippen LogP contribution >= 0.6 is 11.6 Å². The van der Waals surface area contributed by atoms with Gasteiger partial charge in [-0.3, -0.25) is 14.9 Å². The summed E-state index contributed by atoms with van der Waals surface area (Å²) in [6.07, 6.45) is 0.609. The molecule has 2 rings (SSSR count). The van der Waals surface area contributed by atoms with Gasteiger partial charge in [-0.15, -0.1) is 0 Å². The van der Waals surface area contributed by atoms with E-state index >= 15 is 0 Å². The van der Waals surface area contributed by atoms with Crippen LogP contribution in [0.2, 0.25) is 5.02 Å². The second-order valence-electron chi connectivity index (χ2n) is 4.00. The molecule has 21 heavy (non-hydrogen) atoms. The third-order valence-electron chi connectivity index (χ3n) is 2.59. The third kappa shape index (κ3) is 3.43. The second kappa shape index (κ2) is 6.15. The first kappa shape index (κ1) is 14.7. The molecular formula is C14H8ClNO5. The number of nitro benzene ring substituents is 1. The Hall–Kier alpha value is -2.73. The Morgan fingerprint density at radius 1 is 1.24 bits per heavy atom. The Bertz CT molecular complexity index is 729. The molecular weight excluding hydrogens is 298 g/mol. The number of hydrogen-bond acceptors (Lipinski definition) is 5. The number of aldehydes is 1. The maximum Gasteiger partial charge on any atom is 0.343 e. The van der Waals surface area contributed by atoms with Gasteiger partial charge in [-0.1, -0.05) is 17.7 Å². The van der Waals surface area contributed by atoms with Crippen LogP contribution in [0.4, 0.5) is 5.69 Å². The molecule has 0 spiro atoms. The standard InChI is InChI=1S/C14H8ClNO5/c15-12-6-9(8-17)4-5-13(12)21-14(18)10-2-1-3-11(7-10)16(19)20/h1-8H. The summed E-state index contributed by atoms with van der Waals surface area (Å²) in [7, 11) is 0. The SMILES string of the molecule is O=Cc1ccc(OC(=O)c2cccc([N+](=O)[O-])c2)c(Cl)c1. The van der Waals surface area contributed by atoms with E-state index in [9.17, 15) is 19.7 Å². The Balaban J connectivity index is 2.23. The van der Waals surface area contributed by atoms with E-state index in [1.165, 1.54) is 36.4 Å². The van der Waals surface area contributed by atoms with E-state index < -0.39 is 10.9 Å². The molecule has 0 N–H and O–H groups in total. The van der Waals surface area contributed by atoms with Gasteiger partial charge in [0.15, 0.2) is 0 Å². The molecule has 0 aliphatic rings. The molecule has 106 valence electrons. The smallest absolute Gasteiger partial charge is 0.343 e. The van der Waals surface area contributed by atoms with Gasteiger partial charge in [-0.25, -0.2) is 4.79 Å². The molecule has 0 saturated carbocycles. The van der Waals surface area contributed by atoms with Crippen molar-refractivity contribution in [3.63, 3.8) is 0 Å². The summed E-state index contributed by atoms with van der Waals surface area (Å²) in [5.74, 6) is -0.710. The first-order valence-corrected chi connectivity index (χ1v) is 6.10. The number of carbonyl (C=O) groups excluding carboxylic acids is 2. The quantitative estimate of drug-likeness (QED) is 0.284. The Labute approximate surface area is 124 Å². The number of non-ortho nitro benzene ring substituents is 1. The second-order valence-corrected chi connectivity index (χ2v) is 4.41. The summed E-state index contributed by atoms with van der Waals surface area (Å²) in [5, 5.41) is 10.8. The molecule has 0 amide bonds. The first-order chi connectivity index (χ1) is 10.0. The van der Waals surface area contributed by atoms with Gasteiger partial charge in [0.2, 0.25) is 0 Å². The van der Waals surface area contributed by atoms with Crippen LogP contribution < -0.4 is 4.74 Å². The largest absolute Gasteiger partial charge is 0.421 e. The van der Waals surface area contributed by atoms with Crippen LogP contribution in [0.1, 0.15) is 20.7 Å². The number of nitrogens with zero attached hydrogens (tertiary/aromatic N) is 1. The fourth-order valence-corrected chi connectivity index (χ4v) is 1.81. The number of hydrogen-bond donors (Lipinski definition) is 0. The van der Waals surface area contributed by atoms with Crippen molar-refractivity contribution in [2.45, 2.75) is 0 Å². The van der Waals surface area contributed by atoms with Crippen molar-refractivity contribution < 1.29 is 19.2 Å². The molecule has 0 fully saturated rings. The Morgan fingerprint density at radius 2 is 2.00 bits per heavy atom. The van der Waals surface area contributed by atoms with E-state index in [1.807, 2.05) is 0 Å². The molecule has 7 heteroatoms. The average Bonchev–Trinajstić information content (AvgIpc) is 2.49.